The first-order valence-corrected chi connectivity index (χ1v) is 8.22. The second-order valence-corrected chi connectivity index (χ2v) is 7.29. The molecule has 1 aliphatic rings. The molecule has 0 saturated carbocycles. The monoisotopic (exact) mass is 333 g/mol. The zero-order valence-corrected chi connectivity index (χ0v) is 15.2. The first kappa shape index (κ1) is 18.3. The van der Waals surface area contributed by atoms with E-state index in [1.54, 1.807) is 24.1 Å². The highest BCUT2D eigenvalue weighted by atomic mass is 16.7. The van der Waals surface area contributed by atoms with Crippen LogP contribution < -0.4 is 4.90 Å². The normalized spacial score (nSPS) is 16.0. The first-order chi connectivity index (χ1) is 11.2. The molecular formula is C18H27N3O3. The van der Waals surface area contributed by atoms with Crippen molar-refractivity contribution in [3.63, 3.8) is 0 Å². The van der Waals surface area contributed by atoms with Gasteiger partial charge in [0.25, 0.3) is 5.91 Å². The van der Waals surface area contributed by atoms with Crippen molar-refractivity contribution >= 4 is 17.6 Å². The SMILES string of the molecule is CN(C)C(=O)c1ccc(N2CCN(OC(=O)C(C)(C)C)CC2)cc1. The maximum Gasteiger partial charge on any atom is 0.330 e. The zero-order chi connectivity index (χ0) is 17.9. The summed E-state index contributed by atoms with van der Waals surface area (Å²) in [7, 11) is 3.49. The molecule has 6 nitrogen and oxygen atoms in total. The van der Waals surface area contributed by atoms with E-state index < -0.39 is 5.41 Å². The molecule has 132 valence electrons. The Labute approximate surface area is 143 Å². The van der Waals surface area contributed by atoms with Crippen molar-refractivity contribution in [3.8, 4) is 0 Å². The number of hydrogen-bond donors (Lipinski definition) is 0. The van der Waals surface area contributed by atoms with Crippen molar-refractivity contribution in [1.29, 1.82) is 0 Å². The number of carbonyl (C=O) groups excluding carboxylic acids is 2. The average molecular weight is 333 g/mol. The fraction of sp³-hybridized carbons (Fsp3) is 0.556. The Hall–Kier alpha value is -2.08. The summed E-state index contributed by atoms with van der Waals surface area (Å²) in [5.41, 5.74) is 1.26. The number of piperazine rings is 1. The molecule has 0 aromatic heterocycles. The molecule has 24 heavy (non-hydrogen) atoms. The molecule has 0 bridgehead atoms. The summed E-state index contributed by atoms with van der Waals surface area (Å²) in [5, 5.41) is 1.73. The van der Waals surface area contributed by atoms with Gasteiger partial charge in [0.05, 0.1) is 18.5 Å². The van der Waals surface area contributed by atoms with Crippen LogP contribution in [0.5, 0.6) is 0 Å². The first-order valence-electron chi connectivity index (χ1n) is 8.22. The van der Waals surface area contributed by atoms with Gasteiger partial charge in [-0.05, 0) is 45.0 Å². The molecule has 0 unspecified atom stereocenters. The van der Waals surface area contributed by atoms with Gasteiger partial charge >= 0.3 is 5.97 Å². The van der Waals surface area contributed by atoms with E-state index in [-0.39, 0.29) is 11.9 Å². The number of benzene rings is 1. The van der Waals surface area contributed by atoms with Gasteiger partial charge in [0.2, 0.25) is 0 Å². The molecule has 0 aliphatic carbocycles. The molecule has 2 rings (SSSR count). The van der Waals surface area contributed by atoms with E-state index in [1.165, 1.54) is 0 Å². The zero-order valence-electron chi connectivity index (χ0n) is 15.2. The summed E-state index contributed by atoms with van der Waals surface area (Å²) < 4.78 is 0. The molecule has 1 fully saturated rings. The van der Waals surface area contributed by atoms with Crippen LogP contribution in [0.15, 0.2) is 24.3 Å². The van der Waals surface area contributed by atoms with Gasteiger partial charge in [0.15, 0.2) is 0 Å². The van der Waals surface area contributed by atoms with Crippen molar-refractivity contribution in [3.05, 3.63) is 29.8 Å². The van der Waals surface area contributed by atoms with Gasteiger partial charge in [-0.25, -0.2) is 4.79 Å². The number of amides is 1. The maximum atomic E-state index is 11.9. The molecule has 6 heteroatoms. The smallest absolute Gasteiger partial charge is 0.330 e. The Balaban J connectivity index is 1.90. The molecule has 0 N–H and O–H groups in total. The molecule has 1 aromatic rings. The summed E-state index contributed by atoms with van der Waals surface area (Å²) in [6.45, 7) is 8.43. The van der Waals surface area contributed by atoms with E-state index >= 15 is 0 Å². The Morgan fingerprint density at radius 2 is 1.54 bits per heavy atom. The summed E-state index contributed by atoms with van der Waals surface area (Å²) in [6, 6.07) is 7.63. The number of hydrogen-bond acceptors (Lipinski definition) is 5. The number of anilines is 1. The topological polar surface area (TPSA) is 53.1 Å². The molecule has 1 amide bonds. The van der Waals surface area contributed by atoms with Crippen molar-refractivity contribution in [1.82, 2.24) is 9.96 Å². The standard InChI is InChI=1S/C18H27N3O3/c1-18(2,3)17(23)24-21-12-10-20(11-13-21)15-8-6-14(7-9-15)16(22)19(4)5/h6-9H,10-13H2,1-5H3. The van der Waals surface area contributed by atoms with Crippen LogP contribution in [-0.2, 0) is 9.63 Å². The number of hydroxylamine groups is 2. The summed E-state index contributed by atoms with van der Waals surface area (Å²) >= 11 is 0. The van der Waals surface area contributed by atoms with Gasteiger partial charge in [-0.1, -0.05) is 0 Å². The second kappa shape index (κ2) is 7.21. The van der Waals surface area contributed by atoms with E-state index in [0.29, 0.717) is 18.7 Å². The van der Waals surface area contributed by atoms with Crippen LogP contribution in [0, 0.1) is 5.41 Å². The number of nitrogens with zero attached hydrogens (tertiary/aromatic N) is 3. The van der Waals surface area contributed by atoms with Crippen LogP contribution in [-0.4, -0.2) is 62.1 Å². The van der Waals surface area contributed by atoms with Crippen molar-refractivity contribution in [2.45, 2.75) is 20.8 Å². The lowest BCUT2D eigenvalue weighted by Crippen LogP contribution is -2.48. The van der Waals surface area contributed by atoms with Crippen LogP contribution in [0.2, 0.25) is 0 Å². The van der Waals surface area contributed by atoms with Crippen molar-refractivity contribution in [2.75, 3.05) is 45.2 Å². The fourth-order valence-corrected chi connectivity index (χ4v) is 2.36. The minimum Gasteiger partial charge on any atom is -0.369 e. The fourth-order valence-electron chi connectivity index (χ4n) is 2.36. The van der Waals surface area contributed by atoms with E-state index in [1.807, 2.05) is 45.0 Å². The van der Waals surface area contributed by atoms with Crippen LogP contribution in [0.3, 0.4) is 0 Å². The van der Waals surface area contributed by atoms with E-state index in [4.69, 9.17) is 4.84 Å². The van der Waals surface area contributed by atoms with Gasteiger partial charge < -0.3 is 14.6 Å². The quantitative estimate of drug-likeness (QED) is 0.847. The van der Waals surface area contributed by atoms with Gasteiger partial charge in [-0.3, -0.25) is 4.79 Å². The maximum absolute atomic E-state index is 11.9. The molecule has 1 aromatic carbocycles. The van der Waals surface area contributed by atoms with Crippen molar-refractivity contribution in [2.24, 2.45) is 5.41 Å². The number of carbonyl (C=O) groups is 2. The summed E-state index contributed by atoms with van der Waals surface area (Å²) in [4.78, 5) is 33.1. The highest BCUT2D eigenvalue weighted by Gasteiger charge is 2.27. The molecule has 0 radical (unpaired) electrons. The molecule has 1 saturated heterocycles. The number of rotatable bonds is 3. The Morgan fingerprint density at radius 3 is 2.00 bits per heavy atom. The minimum atomic E-state index is -0.494. The third-order valence-electron chi connectivity index (χ3n) is 3.95. The van der Waals surface area contributed by atoms with Crippen LogP contribution >= 0.6 is 0 Å². The molecular weight excluding hydrogens is 306 g/mol. The van der Waals surface area contributed by atoms with Crippen molar-refractivity contribution < 1.29 is 14.4 Å². The second-order valence-electron chi connectivity index (χ2n) is 7.29. The van der Waals surface area contributed by atoms with Gasteiger partial charge in [-0.15, -0.1) is 5.06 Å². The van der Waals surface area contributed by atoms with Crippen LogP contribution in [0.1, 0.15) is 31.1 Å². The Bertz CT molecular complexity index is 583. The molecule has 0 spiro atoms. The lowest BCUT2D eigenvalue weighted by Gasteiger charge is -2.35. The minimum absolute atomic E-state index is 0.000428. The molecule has 1 heterocycles. The van der Waals surface area contributed by atoms with E-state index in [9.17, 15) is 9.59 Å². The lowest BCUT2D eigenvalue weighted by molar-refractivity contribution is -0.201. The Kier molecular flexibility index (Phi) is 5.49. The Morgan fingerprint density at radius 1 is 1.00 bits per heavy atom. The van der Waals surface area contributed by atoms with E-state index in [0.717, 1.165) is 18.8 Å². The third-order valence-corrected chi connectivity index (χ3v) is 3.95. The van der Waals surface area contributed by atoms with Gasteiger partial charge in [-0.2, -0.15) is 0 Å². The van der Waals surface area contributed by atoms with E-state index in [2.05, 4.69) is 4.90 Å². The molecule has 1 aliphatic heterocycles. The third kappa shape index (κ3) is 4.47. The predicted octanol–water partition coefficient (Wildman–Crippen LogP) is 2.01. The predicted molar refractivity (Wildman–Crippen MR) is 93.8 cm³/mol. The summed E-state index contributed by atoms with van der Waals surface area (Å²) in [5.74, 6) is -0.206. The van der Waals surface area contributed by atoms with Crippen LogP contribution in [0.25, 0.3) is 0 Å². The summed E-state index contributed by atoms with van der Waals surface area (Å²) in [6.07, 6.45) is 0. The van der Waals surface area contributed by atoms with Gasteiger partial charge in [0, 0.05) is 38.4 Å². The largest absolute Gasteiger partial charge is 0.369 e. The van der Waals surface area contributed by atoms with Gasteiger partial charge in [0.1, 0.15) is 0 Å². The average Bonchev–Trinajstić information content (AvgIpc) is 2.54. The molecule has 0 atom stereocenters. The highest BCUT2D eigenvalue weighted by Crippen LogP contribution is 2.20. The highest BCUT2D eigenvalue weighted by molar-refractivity contribution is 5.94. The van der Waals surface area contributed by atoms with Crippen LogP contribution in [0.4, 0.5) is 5.69 Å². The lowest BCUT2D eigenvalue weighted by atomic mass is 9.98.